The van der Waals surface area contributed by atoms with E-state index >= 15 is 0 Å². The lowest BCUT2D eigenvalue weighted by molar-refractivity contribution is 0.134. The summed E-state index contributed by atoms with van der Waals surface area (Å²) in [6, 6.07) is 7.09. The van der Waals surface area contributed by atoms with E-state index in [1.807, 2.05) is 0 Å². The molecule has 0 aliphatic heterocycles. The first-order chi connectivity index (χ1) is 11.3. The zero-order valence-electron chi connectivity index (χ0n) is 13.6. The fourth-order valence-electron chi connectivity index (χ4n) is 3.03. The van der Waals surface area contributed by atoms with Crippen molar-refractivity contribution in [3.05, 3.63) is 34.7 Å². The summed E-state index contributed by atoms with van der Waals surface area (Å²) in [6.07, 6.45) is 10.4. The fourth-order valence-corrected chi connectivity index (χ4v) is 3.03. The zero-order chi connectivity index (χ0) is 16.3. The van der Waals surface area contributed by atoms with Crippen molar-refractivity contribution in [2.24, 2.45) is 5.18 Å². The van der Waals surface area contributed by atoms with Gasteiger partial charge in [0.05, 0.1) is 0 Å². The Bertz CT molecular complexity index is 495. The molecule has 0 radical (unpaired) electrons. The van der Waals surface area contributed by atoms with Gasteiger partial charge in [-0.3, -0.25) is 0 Å². The van der Waals surface area contributed by atoms with Gasteiger partial charge in [0.25, 0.3) is 0 Å². The summed E-state index contributed by atoms with van der Waals surface area (Å²) in [7, 11) is 0. The number of nitrogens with zero attached hydrogens (tertiary/aromatic N) is 1. The Balaban J connectivity index is 1.79. The van der Waals surface area contributed by atoms with Crippen molar-refractivity contribution in [2.45, 2.75) is 70.4 Å². The summed E-state index contributed by atoms with van der Waals surface area (Å²) in [4.78, 5) is 22.7. The van der Waals surface area contributed by atoms with E-state index in [4.69, 9.17) is 4.74 Å². The SMILES string of the molecule is O=Nc1ccccc1COC(=O)NC1CCCCCCCCC1. The molecular weight excluding hydrogens is 292 g/mol. The number of nitrogens with one attached hydrogen (secondary N) is 1. The Hall–Kier alpha value is -1.91. The van der Waals surface area contributed by atoms with Crippen molar-refractivity contribution in [3.63, 3.8) is 0 Å². The summed E-state index contributed by atoms with van der Waals surface area (Å²) in [6.45, 7) is 0.0699. The van der Waals surface area contributed by atoms with Crippen LogP contribution < -0.4 is 5.32 Å². The number of hydrogen-bond acceptors (Lipinski definition) is 4. The number of carbonyl (C=O) groups excluding carboxylic acids is 1. The van der Waals surface area contributed by atoms with Crippen LogP contribution in [-0.4, -0.2) is 12.1 Å². The summed E-state index contributed by atoms with van der Waals surface area (Å²) in [5.41, 5.74) is 0.947. The molecule has 0 heterocycles. The van der Waals surface area contributed by atoms with Crippen LogP contribution in [0.25, 0.3) is 0 Å². The molecule has 1 saturated carbocycles. The lowest BCUT2D eigenvalue weighted by Gasteiger charge is -2.20. The van der Waals surface area contributed by atoms with Crippen LogP contribution in [0.1, 0.15) is 63.4 Å². The minimum atomic E-state index is -0.409. The van der Waals surface area contributed by atoms with E-state index in [-0.39, 0.29) is 12.6 Å². The first-order valence-corrected chi connectivity index (χ1v) is 8.64. The number of hydrogen-bond donors (Lipinski definition) is 1. The van der Waals surface area contributed by atoms with Crippen molar-refractivity contribution in [2.75, 3.05) is 0 Å². The summed E-state index contributed by atoms with van der Waals surface area (Å²) in [5.74, 6) is 0. The predicted molar refractivity (Wildman–Crippen MR) is 90.6 cm³/mol. The van der Waals surface area contributed by atoms with Gasteiger partial charge in [-0.05, 0) is 24.1 Å². The van der Waals surface area contributed by atoms with E-state index in [0.29, 0.717) is 11.3 Å². The molecule has 1 N–H and O–H groups in total. The van der Waals surface area contributed by atoms with Gasteiger partial charge in [-0.15, -0.1) is 4.91 Å². The van der Waals surface area contributed by atoms with Gasteiger partial charge in [-0.2, -0.15) is 0 Å². The Morgan fingerprint density at radius 1 is 1.04 bits per heavy atom. The fraction of sp³-hybridized carbons (Fsp3) is 0.611. The van der Waals surface area contributed by atoms with Crippen LogP contribution in [-0.2, 0) is 11.3 Å². The number of alkyl carbamates (subject to hydrolysis) is 1. The number of ether oxygens (including phenoxy) is 1. The standard InChI is InChI=1S/C18H26N2O3/c21-18(23-14-15-10-8-9-13-17(15)20-22)19-16-11-6-4-2-1-3-5-7-12-16/h8-10,13,16H,1-7,11-12,14H2,(H,19,21). The predicted octanol–water partition coefficient (Wildman–Crippen LogP) is 5.20. The van der Waals surface area contributed by atoms with Gasteiger partial charge in [-0.1, -0.05) is 63.1 Å². The number of rotatable bonds is 4. The molecule has 23 heavy (non-hydrogen) atoms. The molecular formula is C18H26N2O3. The van der Waals surface area contributed by atoms with E-state index in [0.717, 1.165) is 25.7 Å². The van der Waals surface area contributed by atoms with Crippen LogP contribution >= 0.6 is 0 Å². The average Bonchev–Trinajstić information content (AvgIpc) is 2.59. The second-order valence-electron chi connectivity index (χ2n) is 6.19. The van der Waals surface area contributed by atoms with Gasteiger partial charge < -0.3 is 10.1 Å². The maximum Gasteiger partial charge on any atom is 0.407 e. The molecule has 2 rings (SSSR count). The molecule has 5 heteroatoms. The molecule has 126 valence electrons. The highest BCUT2D eigenvalue weighted by molar-refractivity contribution is 5.67. The summed E-state index contributed by atoms with van der Waals surface area (Å²) in [5, 5.41) is 5.92. The number of carbonyl (C=O) groups is 1. The monoisotopic (exact) mass is 318 g/mol. The Morgan fingerprint density at radius 2 is 1.65 bits per heavy atom. The molecule has 1 amide bonds. The molecule has 1 fully saturated rings. The minimum absolute atomic E-state index is 0.0699. The smallest absolute Gasteiger partial charge is 0.407 e. The van der Waals surface area contributed by atoms with Crippen LogP contribution in [0.2, 0.25) is 0 Å². The van der Waals surface area contributed by atoms with Crippen molar-refractivity contribution in [3.8, 4) is 0 Å². The van der Waals surface area contributed by atoms with Gasteiger partial charge in [0.15, 0.2) is 0 Å². The van der Waals surface area contributed by atoms with Crippen LogP contribution in [0.15, 0.2) is 29.4 Å². The van der Waals surface area contributed by atoms with Gasteiger partial charge in [0, 0.05) is 11.6 Å². The molecule has 1 aliphatic carbocycles. The molecule has 0 aromatic heterocycles. The minimum Gasteiger partial charge on any atom is -0.445 e. The Morgan fingerprint density at radius 3 is 2.30 bits per heavy atom. The van der Waals surface area contributed by atoms with Crippen LogP contribution in [0.4, 0.5) is 10.5 Å². The largest absolute Gasteiger partial charge is 0.445 e. The number of benzene rings is 1. The maximum atomic E-state index is 12.0. The lowest BCUT2D eigenvalue weighted by Crippen LogP contribution is -2.35. The van der Waals surface area contributed by atoms with Crippen LogP contribution in [0, 0.1) is 4.91 Å². The van der Waals surface area contributed by atoms with E-state index in [9.17, 15) is 9.70 Å². The van der Waals surface area contributed by atoms with E-state index < -0.39 is 6.09 Å². The number of amides is 1. The van der Waals surface area contributed by atoms with E-state index in [2.05, 4.69) is 10.5 Å². The zero-order valence-corrected chi connectivity index (χ0v) is 13.6. The second-order valence-corrected chi connectivity index (χ2v) is 6.19. The third-order valence-corrected chi connectivity index (χ3v) is 4.38. The van der Waals surface area contributed by atoms with Gasteiger partial charge >= 0.3 is 6.09 Å². The molecule has 1 aromatic carbocycles. The number of nitroso groups, excluding NO2 is 1. The van der Waals surface area contributed by atoms with Gasteiger partial charge in [0.1, 0.15) is 12.3 Å². The lowest BCUT2D eigenvalue weighted by atomic mass is 9.97. The Labute approximate surface area is 137 Å². The third kappa shape index (κ3) is 6.38. The summed E-state index contributed by atoms with van der Waals surface area (Å²) >= 11 is 0. The van der Waals surface area contributed by atoms with E-state index in [1.54, 1.807) is 24.3 Å². The highest BCUT2D eigenvalue weighted by Gasteiger charge is 2.14. The molecule has 5 nitrogen and oxygen atoms in total. The van der Waals surface area contributed by atoms with Crippen LogP contribution in [0.5, 0.6) is 0 Å². The topological polar surface area (TPSA) is 67.8 Å². The molecule has 1 aromatic rings. The van der Waals surface area contributed by atoms with Crippen molar-refractivity contribution in [1.29, 1.82) is 0 Å². The first kappa shape index (κ1) is 17.4. The highest BCUT2D eigenvalue weighted by atomic mass is 16.5. The van der Waals surface area contributed by atoms with Gasteiger partial charge in [-0.25, -0.2) is 4.79 Å². The van der Waals surface area contributed by atoms with Crippen molar-refractivity contribution < 1.29 is 9.53 Å². The first-order valence-electron chi connectivity index (χ1n) is 8.64. The third-order valence-electron chi connectivity index (χ3n) is 4.38. The molecule has 0 bridgehead atoms. The molecule has 1 aliphatic rings. The summed E-state index contributed by atoms with van der Waals surface area (Å²) < 4.78 is 5.25. The maximum absolute atomic E-state index is 12.0. The van der Waals surface area contributed by atoms with Crippen LogP contribution in [0.3, 0.4) is 0 Å². The average molecular weight is 318 g/mol. The second kappa shape index (κ2) is 9.98. The quantitative estimate of drug-likeness (QED) is 0.775. The highest BCUT2D eigenvalue weighted by Crippen LogP contribution is 2.19. The van der Waals surface area contributed by atoms with E-state index in [1.165, 1.54) is 32.1 Å². The molecule has 0 saturated heterocycles. The van der Waals surface area contributed by atoms with Crippen molar-refractivity contribution in [1.82, 2.24) is 5.32 Å². The van der Waals surface area contributed by atoms with Crippen molar-refractivity contribution >= 4 is 11.8 Å². The molecule has 0 spiro atoms. The molecule has 0 unspecified atom stereocenters. The van der Waals surface area contributed by atoms with Gasteiger partial charge in [0.2, 0.25) is 0 Å². The Kier molecular flexibility index (Phi) is 7.57. The normalized spacial score (nSPS) is 17.2. The molecule has 0 atom stereocenters.